The van der Waals surface area contributed by atoms with Gasteiger partial charge in [0.25, 0.3) is 5.91 Å². The first kappa shape index (κ1) is 13.5. The Bertz CT molecular complexity index is 521. The molecule has 1 heterocycles. The highest BCUT2D eigenvalue weighted by molar-refractivity contribution is 5.91. The monoisotopic (exact) mass is 258 g/mol. The topological polar surface area (TPSA) is 42.4 Å². The number of aromatic nitrogens is 1. The standard InChI is InChI=1S/C15H18N2O2/c1-12-7-6-10-14(16-12)15(18)17(2)19-11-13-8-4-3-5-9-13/h4,6-10H,3,5,11H2,1-2H3. The van der Waals surface area contributed by atoms with Gasteiger partial charge in [0.1, 0.15) is 5.69 Å². The molecular formula is C15H18N2O2. The molecule has 2 rings (SSSR count). The predicted octanol–water partition coefficient (Wildman–Crippen LogP) is 2.67. The van der Waals surface area contributed by atoms with E-state index in [1.165, 1.54) is 5.06 Å². The summed E-state index contributed by atoms with van der Waals surface area (Å²) >= 11 is 0. The molecule has 19 heavy (non-hydrogen) atoms. The van der Waals surface area contributed by atoms with Crippen LogP contribution in [0.4, 0.5) is 0 Å². The van der Waals surface area contributed by atoms with Crippen LogP contribution in [0.25, 0.3) is 0 Å². The number of hydroxylamine groups is 2. The Morgan fingerprint density at radius 2 is 2.26 bits per heavy atom. The molecule has 0 saturated heterocycles. The van der Waals surface area contributed by atoms with E-state index in [0.29, 0.717) is 12.3 Å². The summed E-state index contributed by atoms with van der Waals surface area (Å²) < 4.78 is 0. The van der Waals surface area contributed by atoms with Crippen LogP contribution >= 0.6 is 0 Å². The summed E-state index contributed by atoms with van der Waals surface area (Å²) in [5.74, 6) is -0.232. The van der Waals surface area contributed by atoms with E-state index in [2.05, 4.69) is 17.1 Å². The summed E-state index contributed by atoms with van der Waals surface area (Å²) in [5.41, 5.74) is 2.32. The van der Waals surface area contributed by atoms with Crippen LogP contribution in [0.5, 0.6) is 0 Å². The molecule has 0 aromatic carbocycles. The SMILES string of the molecule is Cc1cccc(C(=O)N(C)OCC2=CCCC=C2)n1. The lowest BCUT2D eigenvalue weighted by Crippen LogP contribution is -2.28. The van der Waals surface area contributed by atoms with E-state index in [9.17, 15) is 4.79 Å². The third-order valence-corrected chi connectivity index (χ3v) is 2.89. The average Bonchev–Trinajstić information content (AvgIpc) is 2.45. The number of hydrogen-bond acceptors (Lipinski definition) is 3. The van der Waals surface area contributed by atoms with Crippen molar-refractivity contribution in [1.29, 1.82) is 0 Å². The number of amides is 1. The quantitative estimate of drug-likeness (QED) is 0.780. The zero-order valence-electron chi connectivity index (χ0n) is 11.3. The number of pyridine rings is 1. The van der Waals surface area contributed by atoms with Gasteiger partial charge >= 0.3 is 0 Å². The molecule has 1 amide bonds. The van der Waals surface area contributed by atoms with Crippen LogP contribution in [0.15, 0.2) is 42.0 Å². The number of rotatable bonds is 4. The molecule has 0 saturated carbocycles. The second-order valence-electron chi connectivity index (χ2n) is 4.50. The van der Waals surface area contributed by atoms with Gasteiger partial charge < -0.3 is 0 Å². The maximum Gasteiger partial charge on any atom is 0.295 e. The fraction of sp³-hybridized carbons (Fsp3) is 0.333. The maximum absolute atomic E-state index is 12.1. The normalized spacial score (nSPS) is 14.1. The first-order chi connectivity index (χ1) is 9.16. The van der Waals surface area contributed by atoms with Gasteiger partial charge in [-0.15, -0.1) is 0 Å². The second kappa shape index (κ2) is 6.29. The number of hydrogen-bond donors (Lipinski definition) is 0. The molecule has 0 atom stereocenters. The lowest BCUT2D eigenvalue weighted by Gasteiger charge is -2.17. The van der Waals surface area contributed by atoms with Crippen molar-refractivity contribution in [3.05, 3.63) is 53.4 Å². The molecule has 0 spiro atoms. The fourth-order valence-electron chi connectivity index (χ4n) is 1.83. The molecule has 1 aromatic rings. The van der Waals surface area contributed by atoms with Crippen LogP contribution in [0.1, 0.15) is 29.0 Å². The van der Waals surface area contributed by atoms with E-state index < -0.39 is 0 Å². The van der Waals surface area contributed by atoms with E-state index in [1.54, 1.807) is 13.1 Å². The van der Waals surface area contributed by atoms with Crippen LogP contribution in [-0.4, -0.2) is 29.6 Å². The number of allylic oxidation sites excluding steroid dienone is 2. The van der Waals surface area contributed by atoms with Gasteiger partial charge in [0.15, 0.2) is 0 Å². The van der Waals surface area contributed by atoms with Crippen LogP contribution in [0.3, 0.4) is 0 Å². The highest BCUT2D eigenvalue weighted by atomic mass is 16.7. The van der Waals surface area contributed by atoms with Crippen molar-refractivity contribution in [1.82, 2.24) is 10.0 Å². The zero-order valence-corrected chi connectivity index (χ0v) is 11.3. The predicted molar refractivity (Wildman–Crippen MR) is 73.5 cm³/mol. The van der Waals surface area contributed by atoms with Crippen LogP contribution in [-0.2, 0) is 4.84 Å². The summed E-state index contributed by atoms with van der Waals surface area (Å²) in [6.07, 6.45) is 8.39. The third kappa shape index (κ3) is 3.76. The van der Waals surface area contributed by atoms with Crippen molar-refractivity contribution in [2.45, 2.75) is 19.8 Å². The number of carbonyl (C=O) groups is 1. The lowest BCUT2D eigenvalue weighted by atomic mass is 10.1. The molecule has 1 aliphatic carbocycles. The molecule has 4 nitrogen and oxygen atoms in total. The van der Waals surface area contributed by atoms with Crippen molar-refractivity contribution >= 4 is 5.91 Å². The molecule has 1 aromatic heterocycles. The molecule has 0 unspecified atom stereocenters. The summed E-state index contributed by atoms with van der Waals surface area (Å²) in [7, 11) is 1.61. The second-order valence-corrected chi connectivity index (χ2v) is 4.50. The molecule has 0 radical (unpaired) electrons. The minimum atomic E-state index is -0.232. The van der Waals surface area contributed by atoms with Crippen LogP contribution in [0, 0.1) is 6.92 Å². The number of carbonyl (C=O) groups excluding carboxylic acids is 1. The van der Waals surface area contributed by atoms with Crippen molar-refractivity contribution in [3.8, 4) is 0 Å². The number of aryl methyl sites for hydroxylation is 1. The number of nitrogens with zero attached hydrogens (tertiary/aromatic N) is 2. The summed E-state index contributed by atoms with van der Waals surface area (Å²) in [6.45, 7) is 2.26. The highest BCUT2D eigenvalue weighted by Gasteiger charge is 2.14. The minimum absolute atomic E-state index is 0.232. The molecule has 0 aliphatic heterocycles. The van der Waals surface area contributed by atoms with Crippen molar-refractivity contribution < 1.29 is 9.63 Å². The summed E-state index contributed by atoms with van der Waals surface area (Å²) in [5, 5.41) is 1.24. The van der Waals surface area contributed by atoms with Gasteiger partial charge in [-0.25, -0.2) is 10.0 Å². The van der Waals surface area contributed by atoms with Gasteiger partial charge in [-0.1, -0.05) is 24.3 Å². The maximum atomic E-state index is 12.1. The highest BCUT2D eigenvalue weighted by Crippen LogP contribution is 2.11. The summed E-state index contributed by atoms with van der Waals surface area (Å²) in [4.78, 5) is 21.7. The van der Waals surface area contributed by atoms with Gasteiger partial charge in [0, 0.05) is 12.7 Å². The fourth-order valence-corrected chi connectivity index (χ4v) is 1.83. The largest absolute Gasteiger partial charge is 0.295 e. The van der Waals surface area contributed by atoms with E-state index >= 15 is 0 Å². The Balaban J connectivity index is 1.92. The van der Waals surface area contributed by atoms with E-state index in [-0.39, 0.29) is 5.91 Å². The molecule has 0 bridgehead atoms. The van der Waals surface area contributed by atoms with Crippen molar-refractivity contribution in [2.24, 2.45) is 0 Å². The summed E-state index contributed by atoms with van der Waals surface area (Å²) in [6, 6.07) is 5.36. The van der Waals surface area contributed by atoms with Gasteiger partial charge in [0.2, 0.25) is 0 Å². The molecular weight excluding hydrogens is 240 g/mol. The molecule has 0 N–H and O–H groups in total. The van der Waals surface area contributed by atoms with Gasteiger partial charge in [-0.3, -0.25) is 9.63 Å². The van der Waals surface area contributed by atoms with Crippen molar-refractivity contribution in [2.75, 3.05) is 13.7 Å². The van der Waals surface area contributed by atoms with Gasteiger partial charge in [-0.05, 0) is 37.5 Å². The Morgan fingerprint density at radius 1 is 1.42 bits per heavy atom. The Kier molecular flexibility index (Phi) is 4.47. The minimum Gasteiger partial charge on any atom is -0.266 e. The Labute approximate surface area is 113 Å². The Morgan fingerprint density at radius 3 is 2.95 bits per heavy atom. The molecule has 0 fully saturated rings. The first-order valence-electron chi connectivity index (χ1n) is 6.37. The first-order valence-corrected chi connectivity index (χ1v) is 6.37. The van der Waals surface area contributed by atoms with Crippen molar-refractivity contribution in [3.63, 3.8) is 0 Å². The lowest BCUT2D eigenvalue weighted by molar-refractivity contribution is -0.0955. The average molecular weight is 258 g/mol. The smallest absolute Gasteiger partial charge is 0.266 e. The van der Waals surface area contributed by atoms with Gasteiger partial charge in [-0.2, -0.15) is 0 Å². The van der Waals surface area contributed by atoms with E-state index in [0.717, 1.165) is 24.1 Å². The van der Waals surface area contributed by atoms with E-state index in [4.69, 9.17) is 4.84 Å². The molecule has 1 aliphatic rings. The third-order valence-electron chi connectivity index (χ3n) is 2.89. The molecule has 100 valence electrons. The van der Waals surface area contributed by atoms with E-state index in [1.807, 2.05) is 25.1 Å². The zero-order chi connectivity index (χ0) is 13.7. The Hall–Kier alpha value is -1.94. The molecule has 4 heteroatoms. The van der Waals surface area contributed by atoms with Crippen LogP contribution in [0.2, 0.25) is 0 Å². The van der Waals surface area contributed by atoms with Gasteiger partial charge in [0.05, 0.1) is 6.61 Å². The van der Waals surface area contributed by atoms with Crippen LogP contribution < -0.4 is 0 Å².